The molecule has 2 heterocycles. The van der Waals surface area contributed by atoms with Gasteiger partial charge in [-0.3, -0.25) is 4.99 Å². The van der Waals surface area contributed by atoms with Gasteiger partial charge in [0, 0.05) is 48.3 Å². The van der Waals surface area contributed by atoms with E-state index in [0.29, 0.717) is 22.4 Å². The van der Waals surface area contributed by atoms with Gasteiger partial charge in [0.15, 0.2) is 6.23 Å². The number of benzene rings is 1. The SMILES string of the molecule is CC=N/C(=C\N)c1nc(C(O)Nc2ccc(N3CCC(N(C)C)C3)cc2)cs1. The number of aliphatic hydroxyl groups excluding tert-OH is 1. The summed E-state index contributed by atoms with van der Waals surface area (Å²) in [5, 5.41) is 16.0. The van der Waals surface area contributed by atoms with E-state index in [1.807, 2.05) is 24.4 Å². The molecule has 8 heteroatoms. The van der Waals surface area contributed by atoms with Crippen molar-refractivity contribution < 1.29 is 5.11 Å². The first-order valence-corrected chi connectivity index (χ1v) is 10.2. The molecule has 0 saturated carbocycles. The van der Waals surface area contributed by atoms with E-state index in [2.05, 4.69) is 51.3 Å². The van der Waals surface area contributed by atoms with Crippen LogP contribution in [0.25, 0.3) is 5.70 Å². The lowest BCUT2D eigenvalue weighted by atomic mass is 10.2. The molecule has 1 aliphatic rings. The molecular weight excluding hydrogens is 372 g/mol. The third-order valence-electron chi connectivity index (χ3n) is 4.88. The average Bonchev–Trinajstić information content (AvgIpc) is 3.36. The zero-order valence-corrected chi connectivity index (χ0v) is 17.4. The van der Waals surface area contributed by atoms with Gasteiger partial charge < -0.3 is 26.0 Å². The van der Waals surface area contributed by atoms with Gasteiger partial charge in [-0.15, -0.1) is 11.3 Å². The highest BCUT2D eigenvalue weighted by atomic mass is 32.1. The maximum atomic E-state index is 10.5. The summed E-state index contributed by atoms with van der Waals surface area (Å²) in [6.45, 7) is 3.93. The summed E-state index contributed by atoms with van der Waals surface area (Å²) in [5.41, 5.74) is 8.78. The molecule has 4 N–H and O–H groups in total. The highest BCUT2D eigenvalue weighted by Gasteiger charge is 2.24. The fraction of sp³-hybridized carbons (Fsp3) is 0.400. The van der Waals surface area contributed by atoms with Gasteiger partial charge >= 0.3 is 0 Å². The lowest BCUT2D eigenvalue weighted by Crippen LogP contribution is -2.31. The normalized spacial score (nSPS) is 19.0. The van der Waals surface area contributed by atoms with E-state index >= 15 is 0 Å². The number of thiazole rings is 1. The lowest BCUT2D eigenvalue weighted by molar-refractivity contribution is 0.204. The molecular formula is C20H28N6OS. The van der Waals surface area contributed by atoms with E-state index in [0.717, 1.165) is 18.8 Å². The third-order valence-corrected chi connectivity index (χ3v) is 5.76. The van der Waals surface area contributed by atoms with Crippen LogP contribution >= 0.6 is 11.3 Å². The quantitative estimate of drug-likeness (QED) is 0.489. The molecule has 0 bridgehead atoms. The van der Waals surface area contributed by atoms with Gasteiger partial charge in [-0.1, -0.05) is 0 Å². The molecule has 0 amide bonds. The first-order valence-electron chi connectivity index (χ1n) is 9.34. The van der Waals surface area contributed by atoms with E-state index in [-0.39, 0.29) is 0 Å². The van der Waals surface area contributed by atoms with Crippen LogP contribution in [-0.2, 0) is 0 Å². The molecule has 7 nitrogen and oxygen atoms in total. The molecule has 1 saturated heterocycles. The van der Waals surface area contributed by atoms with Gasteiger partial charge in [0.05, 0.1) is 0 Å². The Balaban J connectivity index is 1.62. The Hall–Kier alpha value is -2.42. The second-order valence-corrected chi connectivity index (χ2v) is 7.82. The highest BCUT2D eigenvalue weighted by molar-refractivity contribution is 7.10. The number of rotatable bonds is 7. The van der Waals surface area contributed by atoms with Crippen LogP contribution in [0.5, 0.6) is 0 Å². The number of nitrogens with one attached hydrogen (secondary N) is 1. The van der Waals surface area contributed by atoms with Crippen molar-refractivity contribution in [3.8, 4) is 0 Å². The Morgan fingerprint density at radius 2 is 2.18 bits per heavy atom. The summed E-state index contributed by atoms with van der Waals surface area (Å²) in [6, 6.07) is 8.75. The molecule has 2 atom stereocenters. The Labute approximate surface area is 170 Å². The van der Waals surface area contributed by atoms with Gasteiger partial charge in [0.2, 0.25) is 0 Å². The molecule has 28 heavy (non-hydrogen) atoms. The molecule has 0 radical (unpaired) electrons. The van der Waals surface area contributed by atoms with Crippen LogP contribution in [0.3, 0.4) is 0 Å². The zero-order valence-electron chi connectivity index (χ0n) is 16.5. The van der Waals surface area contributed by atoms with Crippen molar-refractivity contribution in [2.45, 2.75) is 25.6 Å². The predicted molar refractivity (Wildman–Crippen MR) is 118 cm³/mol. The topological polar surface area (TPSA) is 90.0 Å². The lowest BCUT2D eigenvalue weighted by Gasteiger charge is -2.22. The van der Waals surface area contributed by atoms with Crippen LogP contribution < -0.4 is 16.0 Å². The summed E-state index contributed by atoms with van der Waals surface area (Å²) in [7, 11) is 4.26. The average molecular weight is 401 g/mol. The van der Waals surface area contributed by atoms with Gasteiger partial charge in [-0.2, -0.15) is 0 Å². The van der Waals surface area contributed by atoms with Gasteiger partial charge in [0.25, 0.3) is 0 Å². The first kappa shape index (κ1) is 20.3. The summed E-state index contributed by atoms with van der Waals surface area (Å²) in [6.07, 6.45) is 3.36. The maximum Gasteiger partial charge on any atom is 0.168 e. The number of nitrogens with two attached hydrogens (primary N) is 1. The van der Waals surface area contributed by atoms with Crippen LogP contribution in [0.2, 0.25) is 0 Å². The molecule has 0 spiro atoms. The number of hydrogen-bond donors (Lipinski definition) is 3. The van der Waals surface area contributed by atoms with Crippen LogP contribution in [0, 0.1) is 0 Å². The molecule has 0 aliphatic carbocycles. The van der Waals surface area contributed by atoms with Crippen molar-refractivity contribution in [3.05, 3.63) is 46.5 Å². The number of aromatic nitrogens is 1. The number of anilines is 2. The van der Waals surface area contributed by atoms with Crippen molar-refractivity contribution in [2.24, 2.45) is 10.7 Å². The van der Waals surface area contributed by atoms with Crippen LogP contribution in [-0.4, -0.2) is 54.4 Å². The minimum Gasteiger partial charge on any atom is -0.403 e. The summed E-state index contributed by atoms with van der Waals surface area (Å²) < 4.78 is 0. The minimum absolute atomic E-state index is 0.545. The van der Waals surface area contributed by atoms with E-state index < -0.39 is 6.23 Å². The van der Waals surface area contributed by atoms with Crippen LogP contribution in [0.4, 0.5) is 11.4 Å². The Morgan fingerprint density at radius 3 is 2.79 bits per heavy atom. The van der Waals surface area contributed by atoms with Crippen molar-refractivity contribution >= 4 is 34.6 Å². The standard InChI is InChI=1S/C20H28N6OS/c1-4-22-17(11-21)20-24-18(13-28-20)19(27)23-14-5-7-15(8-6-14)26-10-9-16(12-26)25(2)3/h4-8,11,13,16,19,23,27H,9-10,12,21H2,1-3H3/b17-11-,22-4?. The second kappa shape index (κ2) is 9.18. The molecule has 3 rings (SSSR count). The summed E-state index contributed by atoms with van der Waals surface area (Å²) in [5.74, 6) is 0. The largest absolute Gasteiger partial charge is 0.403 e. The smallest absolute Gasteiger partial charge is 0.168 e. The van der Waals surface area contributed by atoms with Crippen molar-refractivity contribution in [2.75, 3.05) is 37.4 Å². The van der Waals surface area contributed by atoms with Crippen LogP contribution in [0.1, 0.15) is 30.3 Å². The van der Waals surface area contributed by atoms with Crippen LogP contribution in [0.15, 0.2) is 40.8 Å². The molecule has 2 unspecified atom stereocenters. The van der Waals surface area contributed by atoms with Crippen molar-refractivity contribution in [1.82, 2.24) is 9.88 Å². The second-order valence-electron chi connectivity index (χ2n) is 6.96. The minimum atomic E-state index is -0.898. The van der Waals surface area contributed by atoms with Crippen molar-refractivity contribution in [1.29, 1.82) is 0 Å². The van der Waals surface area contributed by atoms with Gasteiger partial charge in [-0.25, -0.2) is 4.98 Å². The summed E-state index contributed by atoms with van der Waals surface area (Å²) >= 11 is 1.40. The molecule has 150 valence electrons. The fourth-order valence-electron chi connectivity index (χ4n) is 3.24. The Morgan fingerprint density at radius 1 is 1.43 bits per heavy atom. The zero-order chi connectivity index (χ0) is 20.1. The number of aliphatic hydroxyl groups is 1. The van der Waals surface area contributed by atoms with E-state index in [1.54, 1.807) is 6.21 Å². The number of likely N-dealkylation sites (N-methyl/N-ethyl adjacent to an activating group) is 1. The van der Waals surface area contributed by atoms with Gasteiger partial charge in [-0.05, 0) is 51.7 Å². The molecule has 1 aromatic heterocycles. The maximum absolute atomic E-state index is 10.5. The van der Waals surface area contributed by atoms with E-state index in [4.69, 9.17) is 5.73 Å². The number of hydrogen-bond acceptors (Lipinski definition) is 8. The molecule has 1 aliphatic heterocycles. The highest BCUT2D eigenvalue weighted by Crippen LogP contribution is 2.27. The van der Waals surface area contributed by atoms with Crippen molar-refractivity contribution in [3.63, 3.8) is 0 Å². The summed E-state index contributed by atoms with van der Waals surface area (Å²) in [4.78, 5) is 13.3. The van der Waals surface area contributed by atoms with E-state index in [9.17, 15) is 5.11 Å². The fourth-order valence-corrected chi connectivity index (χ4v) is 4.05. The molecule has 2 aromatic rings. The molecule has 1 aromatic carbocycles. The first-order chi connectivity index (χ1) is 13.5. The number of aliphatic imine (C=N–C) groups is 1. The third kappa shape index (κ3) is 4.70. The van der Waals surface area contributed by atoms with Gasteiger partial charge in [0.1, 0.15) is 16.4 Å². The monoisotopic (exact) mass is 400 g/mol. The van der Waals surface area contributed by atoms with E-state index in [1.165, 1.54) is 29.6 Å². The molecule has 1 fully saturated rings. The number of nitrogens with zero attached hydrogens (tertiary/aromatic N) is 4. The Bertz CT molecular complexity index is 829. The Kier molecular flexibility index (Phi) is 6.66. The predicted octanol–water partition coefficient (Wildman–Crippen LogP) is 2.73.